The van der Waals surface area contributed by atoms with E-state index in [1.54, 1.807) is 7.11 Å². The van der Waals surface area contributed by atoms with Gasteiger partial charge in [-0.1, -0.05) is 19.1 Å². The lowest BCUT2D eigenvalue weighted by Crippen LogP contribution is -2.25. The van der Waals surface area contributed by atoms with Gasteiger partial charge in [-0.15, -0.1) is 0 Å². The summed E-state index contributed by atoms with van der Waals surface area (Å²) in [5.74, 6) is 0.875. The van der Waals surface area contributed by atoms with Crippen LogP contribution in [-0.2, 0) is 11.3 Å². The molecule has 1 aromatic carbocycles. The van der Waals surface area contributed by atoms with Crippen LogP contribution in [0, 0.1) is 12.8 Å². The molecule has 2 rings (SSSR count). The topological polar surface area (TPSA) is 24.5 Å². The van der Waals surface area contributed by atoms with Gasteiger partial charge < -0.3 is 15.0 Å². The smallest absolute Gasteiger partial charge is 0.0587 e. The number of hydrogen-bond acceptors (Lipinski definition) is 3. The van der Waals surface area contributed by atoms with Crippen molar-refractivity contribution in [1.82, 2.24) is 5.32 Å². The number of aryl methyl sites for hydroxylation is 1. The Kier molecular flexibility index (Phi) is 6.52. The zero-order valence-corrected chi connectivity index (χ0v) is 13.8. The number of benzene rings is 1. The van der Waals surface area contributed by atoms with E-state index in [4.69, 9.17) is 4.74 Å². The van der Waals surface area contributed by atoms with Crippen LogP contribution < -0.4 is 10.2 Å². The van der Waals surface area contributed by atoms with Crippen molar-refractivity contribution < 1.29 is 4.74 Å². The van der Waals surface area contributed by atoms with Gasteiger partial charge in [0.05, 0.1) is 6.61 Å². The third kappa shape index (κ3) is 5.01. The number of hydrogen-bond donors (Lipinski definition) is 1. The molecule has 1 aliphatic rings. The normalized spacial score (nSPS) is 19.6. The predicted octanol–water partition coefficient (Wildman–Crippen LogP) is 3.36. The molecule has 1 unspecified atom stereocenters. The van der Waals surface area contributed by atoms with E-state index in [0.29, 0.717) is 0 Å². The highest BCUT2D eigenvalue weighted by atomic mass is 16.5. The zero-order chi connectivity index (χ0) is 15.1. The van der Waals surface area contributed by atoms with E-state index >= 15 is 0 Å². The van der Waals surface area contributed by atoms with Gasteiger partial charge in [0.25, 0.3) is 0 Å². The largest absolute Gasteiger partial charge is 0.383 e. The van der Waals surface area contributed by atoms with Crippen molar-refractivity contribution in [2.75, 3.05) is 38.3 Å². The summed E-state index contributed by atoms with van der Waals surface area (Å²) in [6, 6.07) is 6.89. The van der Waals surface area contributed by atoms with Gasteiger partial charge in [-0.05, 0) is 49.3 Å². The van der Waals surface area contributed by atoms with Crippen LogP contribution in [0.5, 0.6) is 0 Å². The first-order valence-electron chi connectivity index (χ1n) is 8.25. The Hall–Kier alpha value is -1.06. The van der Waals surface area contributed by atoms with Crippen LogP contribution in [0.1, 0.15) is 37.3 Å². The molecule has 0 spiro atoms. The summed E-state index contributed by atoms with van der Waals surface area (Å²) in [5.41, 5.74) is 4.18. The minimum Gasteiger partial charge on any atom is -0.383 e. The molecule has 118 valence electrons. The van der Waals surface area contributed by atoms with Crippen LogP contribution in [0.2, 0.25) is 0 Å². The number of nitrogens with one attached hydrogen (secondary N) is 1. The van der Waals surface area contributed by atoms with E-state index in [1.165, 1.54) is 49.2 Å². The van der Waals surface area contributed by atoms with Gasteiger partial charge >= 0.3 is 0 Å². The van der Waals surface area contributed by atoms with Crippen molar-refractivity contribution >= 4 is 5.69 Å². The zero-order valence-electron chi connectivity index (χ0n) is 13.8. The average Bonchev–Trinajstić information content (AvgIpc) is 2.69. The summed E-state index contributed by atoms with van der Waals surface area (Å²) < 4.78 is 5.05. The molecule has 1 fully saturated rings. The van der Waals surface area contributed by atoms with E-state index in [2.05, 4.69) is 42.3 Å². The lowest BCUT2D eigenvalue weighted by atomic mass is 10.0. The molecule has 1 N–H and O–H groups in total. The Balaban J connectivity index is 1.95. The fraction of sp³-hybridized carbons (Fsp3) is 0.667. The molecular formula is C18H30N2O. The summed E-state index contributed by atoms with van der Waals surface area (Å²) >= 11 is 0. The van der Waals surface area contributed by atoms with E-state index < -0.39 is 0 Å². The summed E-state index contributed by atoms with van der Waals surface area (Å²) in [6.07, 6.45) is 4.01. The number of rotatable bonds is 6. The van der Waals surface area contributed by atoms with Gasteiger partial charge in [0.15, 0.2) is 0 Å². The first kappa shape index (κ1) is 16.3. The second kappa shape index (κ2) is 8.40. The van der Waals surface area contributed by atoms with Crippen LogP contribution in [0.25, 0.3) is 0 Å². The standard InChI is InChI=1S/C18H30N2O/c1-15-5-4-10-20(11-8-15)18-7-6-17(13-16(18)2)14-19-9-12-21-3/h6-7,13,15,19H,4-5,8-12,14H2,1-3H3. The van der Waals surface area contributed by atoms with Gasteiger partial charge in [0, 0.05) is 39.0 Å². The van der Waals surface area contributed by atoms with Gasteiger partial charge in [-0.3, -0.25) is 0 Å². The molecule has 3 nitrogen and oxygen atoms in total. The lowest BCUT2D eigenvalue weighted by Gasteiger charge is -2.25. The van der Waals surface area contributed by atoms with Crippen LogP contribution in [0.3, 0.4) is 0 Å². The second-order valence-corrected chi connectivity index (χ2v) is 6.31. The maximum absolute atomic E-state index is 5.05. The highest BCUT2D eigenvalue weighted by Crippen LogP contribution is 2.26. The highest BCUT2D eigenvalue weighted by molar-refractivity contribution is 5.54. The molecule has 0 aromatic heterocycles. The quantitative estimate of drug-likeness (QED) is 0.813. The Morgan fingerprint density at radius 3 is 2.90 bits per heavy atom. The van der Waals surface area contributed by atoms with Crippen LogP contribution in [-0.4, -0.2) is 33.4 Å². The average molecular weight is 290 g/mol. The SMILES string of the molecule is COCCNCc1ccc(N2CCCC(C)CC2)c(C)c1. The molecular weight excluding hydrogens is 260 g/mol. The molecule has 1 saturated heterocycles. The molecule has 0 amide bonds. The molecule has 1 aliphatic heterocycles. The molecule has 1 atom stereocenters. The minimum atomic E-state index is 0.767. The number of nitrogens with zero attached hydrogens (tertiary/aromatic N) is 1. The molecule has 0 radical (unpaired) electrons. The van der Waals surface area contributed by atoms with E-state index in [0.717, 1.165) is 25.6 Å². The van der Waals surface area contributed by atoms with Crippen LogP contribution >= 0.6 is 0 Å². The molecule has 1 aromatic rings. The Labute approximate surface area is 129 Å². The van der Waals surface area contributed by atoms with Crippen molar-refractivity contribution in [3.63, 3.8) is 0 Å². The fourth-order valence-corrected chi connectivity index (χ4v) is 3.09. The van der Waals surface area contributed by atoms with Gasteiger partial charge in [-0.2, -0.15) is 0 Å². The summed E-state index contributed by atoms with van der Waals surface area (Å²) in [4.78, 5) is 2.57. The van der Waals surface area contributed by atoms with Crippen molar-refractivity contribution in [2.24, 2.45) is 5.92 Å². The van der Waals surface area contributed by atoms with Crippen molar-refractivity contribution in [2.45, 2.75) is 39.7 Å². The Bertz CT molecular complexity index is 433. The molecule has 21 heavy (non-hydrogen) atoms. The summed E-state index contributed by atoms with van der Waals surface area (Å²) in [7, 11) is 1.74. The monoisotopic (exact) mass is 290 g/mol. The summed E-state index contributed by atoms with van der Waals surface area (Å²) in [5, 5.41) is 3.41. The Morgan fingerprint density at radius 1 is 1.29 bits per heavy atom. The summed E-state index contributed by atoms with van der Waals surface area (Å²) in [6.45, 7) is 9.61. The van der Waals surface area contributed by atoms with E-state index in [9.17, 15) is 0 Å². The van der Waals surface area contributed by atoms with Crippen LogP contribution in [0.4, 0.5) is 5.69 Å². The fourth-order valence-electron chi connectivity index (χ4n) is 3.09. The van der Waals surface area contributed by atoms with E-state index in [1.807, 2.05) is 0 Å². The number of anilines is 1. The maximum Gasteiger partial charge on any atom is 0.0587 e. The van der Waals surface area contributed by atoms with Crippen molar-refractivity contribution in [3.8, 4) is 0 Å². The minimum absolute atomic E-state index is 0.767. The third-order valence-electron chi connectivity index (χ3n) is 4.43. The molecule has 0 bridgehead atoms. The molecule has 0 saturated carbocycles. The lowest BCUT2D eigenvalue weighted by molar-refractivity contribution is 0.199. The number of ether oxygens (including phenoxy) is 1. The van der Waals surface area contributed by atoms with Gasteiger partial charge in [0.2, 0.25) is 0 Å². The third-order valence-corrected chi connectivity index (χ3v) is 4.43. The van der Waals surface area contributed by atoms with E-state index in [-0.39, 0.29) is 0 Å². The van der Waals surface area contributed by atoms with Crippen molar-refractivity contribution in [1.29, 1.82) is 0 Å². The van der Waals surface area contributed by atoms with Gasteiger partial charge in [-0.25, -0.2) is 0 Å². The first-order valence-corrected chi connectivity index (χ1v) is 8.25. The number of methoxy groups -OCH3 is 1. The Morgan fingerprint density at radius 2 is 2.14 bits per heavy atom. The first-order chi connectivity index (χ1) is 10.2. The van der Waals surface area contributed by atoms with Crippen molar-refractivity contribution in [3.05, 3.63) is 29.3 Å². The molecule has 0 aliphatic carbocycles. The maximum atomic E-state index is 5.05. The van der Waals surface area contributed by atoms with Gasteiger partial charge in [0.1, 0.15) is 0 Å². The molecule has 1 heterocycles. The van der Waals surface area contributed by atoms with Crippen LogP contribution in [0.15, 0.2) is 18.2 Å². The predicted molar refractivity (Wildman–Crippen MR) is 90.0 cm³/mol. The molecule has 3 heteroatoms. The highest BCUT2D eigenvalue weighted by Gasteiger charge is 2.15. The second-order valence-electron chi connectivity index (χ2n) is 6.31.